The van der Waals surface area contributed by atoms with E-state index < -0.39 is 64.4 Å². The largest absolute Gasteiger partial charge is 0.507 e. The Bertz CT molecular complexity index is 1260. The molecule has 0 heterocycles. The van der Waals surface area contributed by atoms with Crippen LogP contribution in [0.1, 0.15) is 73.4 Å². The van der Waals surface area contributed by atoms with Crippen LogP contribution in [0.15, 0.2) is 12.1 Å². The molecule has 9 nitrogen and oxygen atoms in total. The van der Waals surface area contributed by atoms with Crippen LogP contribution in [-0.2, 0) is 25.6 Å². The van der Waals surface area contributed by atoms with Crippen molar-refractivity contribution in [2.24, 2.45) is 41.2 Å². The number of phenols is 1. The van der Waals surface area contributed by atoms with Gasteiger partial charge >= 0.3 is 0 Å². The van der Waals surface area contributed by atoms with Crippen LogP contribution >= 0.6 is 0 Å². The predicted molar refractivity (Wildman–Crippen MR) is 141 cm³/mol. The maximum Gasteiger partial charge on any atom is 0.235 e. The van der Waals surface area contributed by atoms with E-state index in [1.807, 2.05) is 12.1 Å². The molecule has 3 unspecified atom stereocenters. The van der Waals surface area contributed by atoms with Crippen molar-refractivity contribution in [3.63, 3.8) is 0 Å². The first-order chi connectivity index (χ1) is 18.3. The molecule has 5 rings (SSSR count). The number of carbonyl (C=O) groups is 5. The number of rotatable bonds is 4. The maximum absolute atomic E-state index is 13.9. The van der Waals surface area contributed by atoms with Crippen LogP contribution in [0.4, 0.5) is 0 Å². The van der Waals surface area contributed by atoms with E-state index in [9.17, 15) is 34.2 Å². The number of fused-ring (bicyclic) bond motifs is 3. The van der Waals surface area contributed by atoms with Crippen molar-refractivity contribution in [1.29, 1.82) is 0 Å². The third-order valence-corrected chi connectivity index (χ3v) is 10.2. The zero-order valence-corrected chi connectivity index (χ0v) is 23.0. The van der Waals surface area contributed by atoms with Gasteiger partial charge in [0.2, 0.25) is 5.91 Å². The number of aliphatic hydroxyl groups is 1. The average molecular weight is 539 g/mol. The molecule has 0 aromatic heterocycles. The Morgan fingerprint density at radius 1 is 1.08 bits per heavy atom. The van der Waals surface area contributed by atoms with Gasteiger partial charge in [0.1, 0.15) is 5.75 Å². The Hall–Kier alpha value is -2.91. The van der Waals surface area contributed by atoms with Gasteiger partial charge in [-0.1, -0.05) is 38.8 Å². The lowest BCUT2D eigenvalue weighted by Crippen LogP contribution is -2.74. The highest BCUT2D eigenvalue weighted by atomic mass is 16.3. The van der Waals surface area contributed by atoms with E-state index in [2.05, 4.69) is 13.8 Å². The first-order valence-electron chi connectivity index (χ1n) is 14.0. The molecular formula is C30H38N2O7. The van der Waals surface area contributed by atoms with E-state index in [1.165, 1.54) is 4.90 Å². The summed E-state index contributed by atoms with van der Waals surface area (Å²) in [5, 5.41) is 23.1. The lowest BCUT2D eigenvalue weighted by atomic mass is 9.52. The molecule has 4 N–H and O–H groups in total. The highest BCUT2D eigenvalue weighted by molar-refractivity contribution is 6.32. The van der Waals surface area contributed by atoms with E-state index in [4.69, 9.17) is 5.73 Å². The van der Waals surface area contributed by atoms with Crippen molar-refractivity contribution >= 4 is 29.0 Å². The molecule has 0 bridgehead atoms. The monoisotopic (exact) mass is 538 g/mol. The van der Waals surface area contributed by atoms with E-state index in [1.54, 1.807) is 14.1 Å². The highest BCUT2D eigenvalue weighted by Crippen LogP contribution is 2.51. The van der Waals surface area contributed by atoms with Crippen molar-refractivity contribution in [2.45, 2.75) is 69.9 Å². The molecule has 9 heteroatoms. The molecule has 3 fully saturated rings. The van der Waals surface area contributed by atoms with Crippen molar-refractivity contribution in [1.82, 2.24) is 4.90 Å². The van der Waals surface area contributed by atoms with Crippen molar-refractivity contribution in [3.8, 4) is 5.75 Å². The summed E-state index contributed by atoms with van der Waals surface area (Å²) in [5.41, 5.74) is 4.04. The van der Waals surface area contributed by atoms with E-state index >= 15 is 0 Å². The van der Waals surface area contributed by atoms with Gasteiger partial charge < -0.3 is 15.9 Å². The molecule has 4 aliphatic rings. The smallest absolute Gasteiger partial charge is 0.235 e. The molecule has 0 aliphatic heterocycles. The molecule has 39 heavy (non-hydrogen) atoms. The van der Waals surface area contributed by atoms with Gasteiger partial charge in [0.25, 0.3) is 0 Å². The van der Waals surface area contributed by atoms with Crippen LogP contribution in [0.2, 0.25) is 0 Å². The SMILES string of the molecule is CC1CCC(C(C)c2ccc3c(c2O)C(=O)C2C(=O)[C@@]4(O)C(=O)C(C(N)=O)C(=O)[C@H](N(C)C)[C@H]4C[C@H]2C3)CC1. The van der Waals surface area contributed by atoms with E-state index in [0.717, 1.165) is 25.7 Å². The summed E-state index contributed by atoms with van der Waals surface area (Å²) in [6, 6.07) is 2.62. The second-order valence-corrected chi connectivity index (χ2v) is 12.6. The van der Waals surface area contributed by atoms with Gasteiger partial charge in [-0.15, -0.1) is 0 Å². The lowest BCUT2D eigenvalue weighted by molar-refractivity contribution is -0.181. The summed E-state index contributed by atoms with van der Waals surface area (Å²) in [7, 11) is 3.14. The fraction of sp³-hybridized carbons (Fsp3) is 0.633. The second kappa shape index (κ2) is 9.63. The number of amides is 1. The first-order valence-corrected chi connectivity index (χ1v) is 14.0. The average Bonchev–Trinajstić information content (AvgIpc) is 2.86. The van der Waals surface area contributed by atoms with Gasteiger partial charge in [-0.2, -0.15) is 0 Å². The molecule has 7 atom stereocenters. The van der Waals surface area contributed by atoms with Crippen molar-refractivity contribution in [3.05, 3.63) is 28.8 Å². The van der Waals surface area contributed by atoms with Gasteiger partial charge in [0.15, 0.2) is 34.7 Å². The van der Waals surface area contributed by atoms with Gasteiger partial charge in [0, 0.05) is 5.92 Å². The fourth-order valence-electron chi connectivity index (χ4n) is 8.00. The minimum atomic E-state index is -2.70. The number of primary amides is 1. The van der Waals surface area contributed by atoms with Gasteiger partial charge in [-0.3, -0.25) is 28.9 Å². The lowest BCUT2D eigenvalue weighted by Gasteiger charge is -2.52. The Morgan fingerprint density at radius 3 is 2.31 bits per heavy atom. The molecule has 0 saturated heterocycles. The summed E-state index contributed by atoms with van der Waals surface area (Å²) in [5.74, 6) is -8.91. The number of aromatic hydroxyl groups is 1. The molecular weight excluding hydrogens is 500 g/mol. The van der Waals surface area contributed by atoms with Crippen LogP contribution in [-0.4, -0.2) is 69.9 Å². The van der Waals surface area contributed by atoms with Crippen molar-refractivity contribution in [2.75, 3.05) is 14.1 Å². The molecule has 0 radical (unpaired) electrons. The summed E-state index contributed by atoms with van der Waals surface area (Å²) in [6.45, 7) is 4.30. The molecule has 4 aliphatic carbocycles. The van der Waals surface area contributed by atoms with Crippen LogP contribution in [0, 0.1) is 35.5 Å². The number of Topliss-reactive ketones (excluding diaryl/α,β-unsaturated/α-hetero) is 4. The summed E-state index contributed by atoms with van der Waals surface area (Å²) in [6.07, 6.45) is 4.67. The summed E-state index contributed by atoms with van der Waals surface area (Å²) < 4.78 is 0. The van der Waals surface area contributed by atoms with Crippen LogP contribution in [0.3, 0.4) is 0 Å². The third kappa shape index (κ3) is 3.99. The molecule has 1 amide bonds. The Kier molecular flexibility index (Phi) is 6.82. The summed E-state index contributed by atoms with van der Waals surface area (Å²) in [4.78, 5) is 68.0. The number of hydrogen-bond donors (Lipinski definition) is 3. The zero-order chi connectivity index (χ0) is 28.5. The number of ketones is 4. The minimum Gasteiger partial charge on any atom is -0.507 e. The van der Waals surface area contributed by atoms with Gasteiger partial charge in [0.05, 0.1) is 17.5 Å². The number of carbonyl (C=O) groups excluding carboxylic acids is 5. The number of phenolic OH excluding ortho intramolecular Hbond substituents is 1. The number of benzene rings is 1. The van der Waals surface area contributed by atoms with Crippen LogP contribution in [0.25, 0.3) is 0 Å². The van der Waals surface area contributed by atoms with Crippen molar-refractivity contribution < 1.29 is 34.2 Å². The molecule has 3 saturated carbocycles. The molecule has 1 aromatic rings. The topological polar surface area (TPSA) is 155 Å². The summed E-state index contributed by atoms with van der Waals surface area (Å²) >= 11 is 0. The zero-order valence-electron chi connectivity index (χ0n) is 23.0. The van der Waals surface area contributed by atoms with E-state index in [-0.39, 0.29) is 30.1 Å². The standard InChI is InChI=1S/C30H38N2O7/c1-13-5-7-15(8-6-13)14(2)18-10-9-16-11-17-12-19-23(32(3)4)26(35)22(29(31)38)28(37)30(19,39)27(36)21(17)25(34)20(16)24(18)33/h9-10,13-15,17,19,21-23,33,39H,5-8,11-12H2,1-4H3,(H2,31,38)/t13?,14?,15?,17-,19-,21?,22?,23-,30-/m1/s1. The molecule has 210 valence electrons. The van der Waals surface area contributed by atoms with Gasteiger partial charge in [-0.25, -0.2) is 0 Å². The van der Waals surface area contributed by atoms with Gasteiger partial charge in [-0.05, 0) is 74.6 Å². The number of likely N-dealkylation sites (N-methyl/N-ethyl adjacent to an activating group) is 1. The minimum absolute atomic E-state index is 0.0204. The van der Waals surface area contributed by atoms with Crippen LogP contribution < -0.4 is 5.73 Å². The normalized spacial score (nSPS) is 37.2. The number of nitrogens with zero attached hydrogens (tertiary/aromatic N) is 1. The number of hydrogen-bond acceptors (Lipinski definition) is 8. The maximum atomic E-state index is 13.9. The Labute approximate surface area is 228 Å². The predicted octanol–water partition coefficient (Wildman–Crippen LogP) is 1.80. The second-order valence-electron chi connectivity index (χ2n) is 12.6. The first kappa shape index (κ1) is 27.6. The van der Waals surface area contributed by atoms with Crippen LogP contribution in [0.5, 0.6) is 5.75 Å². The Morgan fingerprint density at radius 2 is 1.72 bits per heavy atom. The fourth-order valence-corrected chi connectivity index (χ4v) is 8.00. The molecule has 0 spiro atoms. The number of nitrogens with two attached hydrogens (primary N) is 1. The Balaban J connectivity index is 1.54. The third-order valence-electron chi connectivity index (χ3n) is 10.2. The quantitative estimate of drug-likeness (QED) is 0.490. The highest BCUT2D eigenvalue weighted by Gasteiger charge is 2.69. The van der Waals surface area contributed by atoms with E-state index in [0.29, 0.717) is 23.0 Å². The molecule has 1 aromatic carbocycles.